The molecule has 1 aliphatic rings. The number of rotatable bonds is 5. The number of ether oxygens (including phenoxy) is 2. The molecule has 3 rings (SSSR count). The molecule has 0 saturated carbocycles. The lowest BCUT2D eigenvalue weighted by molar-refractivity contribution is 0.0227. The summed E-state index contributed by atoms with van der Waals surface area (Å²) in [4.78, 5) is 12.9. The van der Waals surface area contributed by atoms with Gasteiger partial charge in [-0.3, -0.25) is 4.79 Å². The van der Waals surface area contributed by atoms with Gasteiger partial charge in [0, 0.05) is 12.0 Å². The van der Waals surface area contributed by atoms with Crippen molar-refractivity contribution in [1.82, 2.24) is 5.32 Å². The number of benzene rings is 2. The maximum atomic E-state index is 12.9. The first kappa shape index (κ1) is 17.3. The predicted octanol–water partition coefficient (Wildman–Crippen LogP) is 4.51. The SMILES string of the molecule is CCC1(CC)C[C@@H](NC(=O)c2ccccc2OC)c2ccccc2O1. The van der Waals surface area contributed by atoms with Crippen molar-refractivity contribution in [3.05, 3.63) is 59.7 Å². The van der Waals surface area contributed by atoms with E-state index in [4.69, 9.17) is 9.47 Å². The molecule has 1 aliphatic heterocycles. The van der Waals surface area contributed by atoms with Crippen molar-refractivity contribution in [2.45, 2.75) is 44.8 Å². The molecule has 0 radical (unpaired) electrons. The van der Waals surface area contributed by atoms with Gasteiger partial charge in [-0.2, -0.15) is 0 Å². The minimum atomic E-state index is -0.243. The van der Waals surface area contributed by atoms with Crippen LogP contribution in [-0.4, -0.2) is 18.6 Å². The van der Waals surface area contributed by atoms with Gasteiger partial charge in [0.05, 0.1) is 18.7 Å². The first-order chi connectivity index (χ1) is 12.1. The molecule has 25 heavy (non-hydrogen) atoms. The first-order valence-corrected chi connectivity index (χ1v) is 8.84. The highest BCUT2D eigenvalue weighted by atomic mass is 16.5. The van der Waals surface area contributed by atoms with Gasteiger partial charge in [0.15, 0.2) is 0 Å². The van der Waals surface area contributed by atoms with Crippen LogP contribution in [0.15, 0.2) is 48.5 Å². The van der Waals surface area contributed by atoms with Crippen LogP contribution in [0.3, 0.4) is 0 Å². The van der Waals surface area contributed by atoms with Crippen LogP contribution in [0.1, 0.15) is 55.1 Å². The van der Waals surface area contributed by atoms with Crippen molar-refractivity contribution in [1.29, 1.82) is 0 Å². The van der Waals surface area contributed by atoms with E-state index in [0.29, 0.717) is 11.3 Å². The first-order valence-electron chi connectivity index (χ1n) is 8.84. The Kier molecular flexibility index (Phi) is 4.98. The highest BCUT2D eigenvalue weighted by Gasteiger charge is 2.39. The average Bonchev–Trinajstić information content (AvgIpc) is 2.67. The fourth-order valence-corrected chi connectivity index (χ4v) is 3.50. The van der Waals surface area contributed by atoms with Gasteiger partial charge in [0.2, 0.25) is 0 Å². The maximum Gasteiger partial charge on any atom is 0.255 e. The van der Waals surface area contributed by atoms with E-state index in [1.54, 1.807) is 19.2 Å². The molecule has 2 aromatic rings. The Bertz CT molecular complexity index is 752. The molecule has 0 fully saturated rings. The number of fused-ring (bicyclic) bond motifs is 1. The van der Waals surface area contributed by atoms with Crippen molar-refractivity contribution in [3.63, 3.8) is 0 Å². The largest absolute Gasteiger partial charge is 0.496 e. The fourth-order valence-electron chi connectivity index (χ4n) is 3.50. The molecule has 132 valence electrons. The fraction of sp³-hybridized carbons (Fsp3) is 0.381. The van der Waals surface area contributed by atoms with E-state index in [1.165, 1.54) is 0 Å². The Morgan fingerprint density at radius 1 is 1.16 bits per heavy atom. The molecule has 0 bridgehead atoms. The topological polar surface area (TPSA) is 47.6 Å². The van der Waals surface area contributed by atoms with Crippen LogP contribution in [0, 0.1) is 0 Å². The van der Waals surface area contributed by atoms with Crippen LogP contribution in [-0.2, 0) is 0 Å². The standard InChI is InChI=1S/C21H25NO3/c1-4-21(5-2)14-17(15-10-6-9-13-19(15)25-21)22-20(23)16-11-7-8-12-18(16)24-3/h6-13,17H,4-5,14H2,1-3H3,(H,22,23)/t17-/m1/s1. The van der Waals surface area contributed by atoms with Crippen molar-refractivity contribution < 1.29 is 14.3 Å². The van der Waals surface area contributed by atoms with Crippen LogP contribution in [0.2, 0.25) is 0 Å². The molecule has 1 N–H and O–H groups in total. The Labute approximate surface area is 149 Å². The highest BCUT2D eigenvalue weighted by molar-refractivity contribution is 5.97. The summed E-state index contributed by atoms with van der Waals surface area (Å²) < 4.78 is 11.6. The molecule has 0 aliphatic carbocycles. The smallest absolute Gasteiger partial charge is 0.255 e. The number of para-hydroxylation sites is 2. The summed E-state index contributed by atoms with van der Waals surface area (Å²) in [6.45, 7) is 4.27. The summed E-state index contributed by atoms with van der Waals surface area (Å²) in [6, 6.07) is 15.2. The lowest BCUT2D eigenvalue weighted by atomic mass is 9.83. The third-order valence-electron chi connectivity index (χ3n) is 5.14. The van der Waals surface area contributed by atoms with Gasteiger partial charge in [-0.05, 0) is 31.0 Å². The second kappa shape index (κ2) is 7.18. The van der Waals surface area contributed by atoms with E-state index in [1.807, 2.05) is 36.4 Å². The zero-order chi connectivity index (χ0) is 17.9. The lowest BCUT2D eigenvalue weighted by Crippen LogP contribution is -2.44. The maximum absolute atomic E-state index is 12.9. The van der Waals surface area contributed by atoms with Crippen LogP contribution < -0.4 is 14.8 Å². The molecule has 2 aromatic carbocycles. The number of hydrogen-bond donors (Lipinski definition) is 1. The van der Waals surface area contributed by atoms with Crippen molar-refractivity contribution in [3.8, 4) is 11.5 Å². The Morgan fingerprint density at radius 2 is 1.84 bits per heavy atom. The summed E-state index contributed by atoms with van der Waals surface area (Å²) in [5, 5.41) is 3.19. The number of hydrogen-bond acceptors (Lipinski definition) is 3. The van der Waals surface area contributed by atoms with Gasteiger partial charge < -0.3 is 14.8 Å². The average molecular weight is 339 g/mol. The highest BCUT2D eigenvalue weighted by Crippen LogP contribution is 2.42. The Balaban J connectivity index is 1.91. The number of amides is 1. The molecular formula is C21H25NO3. The second-order valence-electron chi connectivity index (χ2n) is 6.46. The number of carbonyl (C=O) groups excluding carboxylic acids is 1. The zero-order valence-corrected chi connectivity index (χ0v) is 15.0. The molecule has 4 heteroatoms. The quantitative estimate of drug-likeness (QED) is 0.872. The van der Waals surface area contributed by atoms with Crippen LogP contribution in [0.4, 0.5) is 0 Å². The van der Waals surface area contributed by atoms with Crippen molar-refractivity contribution >= 4 is 5.91 Å². The Morgan fingerprint density at radius 3 is 2.56 bits per heavy atom. The minimum absolute atomic E-state index is 0.0812. The molecule has 1 heterocycles. The van der Waals surface area contributed by atoms with Gasteiger partial charge >= 0.3 is 0 Å². The van der Waals surface area contributed by atoms with E-state index in [0.717, 1.165) is 30.6 Å². The molecule has 1 amide bonds. The minimum Gasteiger partial charge on any atom is -0.496 e. The van der Waals surface area contributed by atoms with E-state index in [2.05, 4.69) is 19.2 Å². The van der Waals surface area contributed by atoms with Crippen molar-refractivity contribution in [2.75, 3.05) is 7.11 Å². The van der Waals surface area contributed by atoms with Gasteiger partial charge in [-0.1, -0.05) is 44.2 Å². The van der Waals surface area contributed by atoms with Crippen LogP contribution in [0.5, 0.6) is 11.5 Å². The summed E-state index contributed by atoms with van der Waals surface area (Å²) >= 11 is 0. The van der Waals surface area contributed by atoms with E-state index in [-0.39, 0.29) is 17.6 Å². The monoisotopic (exact) mass is 339 g/mol. The van der Waals surface area contributed by atoms with E-state index < -0.39 is 0 Å². The summed E-state index contributed by atoms with van der Waals surface area (Å²) in [5.41, 5.74) is 1.34. The molecule has 0 aromatic heterocycles. The number of methoxy groups -OCH3 is 1. The van der Waals surface area contributed by atoms with Gasteiger partial charge in [0.25, 0.3) is 5.91 Å². The van der Waals surface area contributed by atoms with Crippen molar-refractivity contribution in [2.24, 2.45) is 0 Å². The van der Waals surface area contributed by atoms with Gasteiger partial charge in [-0.15, -0.1) is 0 Å². The second-order valence-corrected chi connectivity index (χ2v) is 6.46. The number of carbonyl (C=O) groups is 1. The molecule has 0 unspecified atom stereocenters. The van der Waals surface area contributed by atoms with Gasteiger partial charge in [-0.25, -0.2) is 0 Å². The molecule has 1 atom stereocenters. The molecular weight excluding hydrogens is 314 g/mol. The van der Waals surface area contributed by atoms with Crippen LogP contribution >= 0.6 is 0 Å². The summed E-state index contributed by atoms with van der Waals surface area (Å²) in [7, 11) is 1.58. The normalized spacial score (nSPS) is 18.0. The molecule has 0 spiro atoms. The van der Waals surface area contributed by atoms with E-state index >= 15 is 0 Å². The summed E-state index contributed by atoms with van der Waals surface area (Å²) in [6.07, 6.45) is 2.57. The molecule has 0 saturated heterocycles. The summed E-state index contributed by atoms with van der Waals surface area (Å²) in [5.74, 6) is 1.32. The van der Waals surface area contributed by atoms with Gasteiger partial charge in [0.1, 0.15) is 17.1 Å². The van der Waals surface area contributed by atoms with E-state index in [9.17, 15) is 4.79 Å². The molecule has 4 nitrogen and oxygen atoms in total. The number of nitrogens with one attached hydrogen (secondary N) is 1. The lowest BCUT2D eigenvalue weighted by Gasteiger charge is -2.41. The third-order valence-corrected chi connectivity index (χ3v) is 5.14. The van der Waals surface area contributed by atoms with Crippen LogP contribution in [0.25, 0.3) is 0 Å². The Hall–Kier alpha value is -2.49. The zero-order valence-electron chi connectivity index (χ0n) is 15.0. The third kappa shape index (κ3) is 3.34. The predicted molar refractivity (Wildman–Crippen MR) is 98.2 cm³/mol.